The molecule has 0 saturated carbocycles. The zero-order valence-corrected chi connectivity index (χ0v) is 11.6. The monoisotopic (exact) mass is 283 g/mol. The molecule has 19 heavy (non-hydrogen) atoms. The third-order valence-corrected chi connectivity index (χ3v) is 4.67. The molecule has 2 heterocycles. The van der Waals surface area contributed by atoms with Gasteiger partial charge in [0.15, 0.2) is 0 Å². The van der Waals surface area contributed by atoms with E-state index in [1.807, 2.05) is 4.90 Å². The first-order chi connectivity index (χ1) is 9.01. The Kier molecular flexibility index (Phi) is 4.19. The van der Waals surface area contributed by atoms with Gasteiger partial charge in [-0.15, -0.1) is 0 Å². The molecule has 1 aromatic rings. The van der Waals surface area contributed by atoms with Crippen molar-refractivity contribution >= 4 is 10.0 Å². The van der Waals surface area contributed by atoms with Gasteiger partial charge in [-0.25, -0.2) is 13.1 Å². The lowest BCUT2D eigenvalue weighted by atomic mass is 10.1. The second kappa shape index (κ2) is 5.69. The molecular formula is C11H17N5O2S. The minimum absolute atomic E-state index is 0.0693. The molecule has 1 N–H and O–H groups in total. The molecule has 0 atom stereocenters. The minimum atomic E-state index is -3.49. The van der Waals surface area contributed by atoms with Crippen LogP contribution in [0.1, 0.15) is 12.8 Å². The Morgan fingerprint density at radius 1 is 1.53 bits per heavy atom. The Bertz CT molecular complexity index is 566. The predicted molar refractivity (Wildman–Crippen MR) is 68.6 cm³/mol. The molecule has 0 aromatic carbocycles. The van der Waals surface area contributed by atoms with Gasteiger partial charge >= 0.3 is 0 Å². The number of likely N-dealkylation sites (tertiary alicyclic amines) is 1. The second-order valence-corrected chi connectivity index (χ2v) is 6.39. The van der Waals surface area contributed by atoms with Crippen LogP contribution in [0.5, 0.6) is 0 Å². The lowest BCUT2D eigenvalue weighted by Gasteiger charge is -2.30. The second-order valence-electron chi connectivity index (χ2n) is 4.68. The van der Waals surface area contributed by atoms with E-state index in [4.69, 9.17) is 5.26 Å². The molecule has 1 aliphatic heterocycles. The minimum Gasteiger partial charge on any atom is -0.290 e. The van der Waals surface area contributed by atoms with Crippen LogP contribution in [0, 0.1) is 11.3 Å². The quantitative estimate of drug-likeness (QED) is 0.765. The maximum Gasteiger partial charge on any atom is 0.243 e. The number of hydrogen-bond donors (Lipinski definition) is 1. The Hall–Kier alpha value is -1.43. The highest BCUT2D eigenvalue weighted by atomic mass is 32.2. The number of aromatic nitrogens is 2. The maximum atomic E-state index is 12.1. The van der Waals surface area contributed by atoms with E-state index in [-0.39, 0.29) is 10.9 Å². The lowest BCUT2D eigenvalue weighted by Crippen LogP contribution is -2.44. The molecule has 0 spiro atoms. The van der Waals surface area contributed by atoms with E-state index in [9.17, 15) is 8.42 Å². The van der Waals surface area contributed by atoms with Crippen LogP contribution < -0.4 is 4.72 Å². The summed E-state index contributed by atoms with van der Waals surface area (Å²) < 4.78 is 28.3. The number of aryl methyl sites for hydroxylation is 1. The molecule has 0 amide bonds. The van der Waals surface area contributed by atoms with Crippen molar-refractivity contribution in [1.82, 2.24) is 19.4 Å². The fourth-order valence-corrected chi connectivity index (χ4v) is 3.42. The zero-order chi connectivity index (χ0) is 13.9. The van der Waals surface area contributed by atoms with Crippen molar-refractivity contribution in [3.05, 3.63) is 12.4 Å². The van der Waals surface area contributed by atoms with Gasteiger partial charge in [0.05, 0.1) is 18.8 Å². The molecule has 0 bridgehead atoms. The van der Waals surface area contributed by atoms with Gasteiger partial charge in [-0.1, -0.05) is 0 Å². The van der Waals surface area contributed by atoms with Gasteiger partial charge in [-0.05, 0) is 12.8 Å². The maximum absolute atomic E-state index is 12.1. The molecular weight excluding hydrogens is 266 g/mol. The van der Waals surface area contributed by atoms with Crippen LogP contribution in [0.4, 0.5) is 0 Å². The number of nitrogens with zero attached hydrogens (tertiary/aromatic N) is 4. The lowest BCUT2D eigenvalue weighted by molar-refractivity contribution is 0.229. The summed E-state index contributed by atoms with van der Waals surface area (Å²) in [5.41, 5.74) is 0. The Labute approximate surface area is 112 Å². The van der Waals surface area contributed by atoms with Crippen molar-refractivity contribution in [2.24, 2.45) is 7.05 Å². The van der Waals surface area contributed by atoms with Gasteiger partial charge in [-0.2, -0.15) is 10.4 Å². The van der Waals surface area contributed by atoms with Crippen molar-refractivity contribution < 1.29 is 8.42 Å². The summed E-state index contributed by atoms with van der Waals surface area (Å²) in [7, 11) is -1.81. The largest absolute Gasteiger partial charge is 0.290 e. The van der Waals surface area contributed by atoms with E-state index in [2.05, 4.69) is 15.9 Å². The first kappa shape index (κ1) is 14.0. The fourth-order valence-electron chi connectivity index (χ4n) is 2.13. The highest BCUT2D eigenvalue weighted by Gasteiger charge is 2.25. The van der Waals surface area contributed by atoms with Gasteiger partial charge in [0, 0.05) is 32.4 Å². The molecule has 0 aliphatic carbocycles. The van der Waals surface area contributed by atoms with Gasteiger partial charge in [0.1, 0.15) is 4.90 Å². The van der Waals surface area contributed by atoms with Gasteiger partial charge in [0.2, 0.25) is 10.0 Å². The third-order valence-electron chi connectivity index (χ3n) is 3.20. The summed E-state index contributed by atoms with van der Waals surface area (Å²) in [6.07, 6.45) is 4.27. The SMILES string of the molecule is Cn1cc(S(=O)(=O)NC2CCN(CC#N)CC2)cn1. The van der Waals surface area contributed by atoms with Crippen LogP contribution in [0.3, 0.4) is 0 Å². The topological polar surface area (TPSA) is 91.0 Å². The van der Waals surface area contributed by atoms with Crippen LogP contribution in [0.25, 0.3) is 0 Å². The molecule has 1 saturated heterocycles. The number of hydrogen-bond acceptors (Lipinski definition) is 5. The summed E-state index contributed by atoms with van der Waals surface area (Å²) >= 11 is 0. The Morgan fingerprint density at radius 2 is 2.21 bits per heavy atom. The van der Waals surface area contributed by atoms with Crippen LogP contribution in [0.2, 0.25) is 0 Å². The van der Waals surface area contributed by atoms with E-state index >= 15 is 0 Å². The summed E-state index contributed by atoms with van der Waals surface area (Å²) in [4.78, 5) is 2.21. The van der Waals surface area contributed by atoms with Crippen LogP contribution in [0.15, 0.2) is 17.3 Å². The van der Waals surface area contributed by atoms with E-state index in [1.165, 1.54) is 17.1 Å². The van der Waals surface area contributed by atoms with Crippen molar-refractivity contribution in [2.75, 3.05) is 19.6 Å². The van der Waals surface area contributed by atoms with Crippen molar-refractivity contribution in [3.63, 3.8) is 0 Å². The molecule has 0 radical (unpaired) electrons. The van der Waals surface area contributed by atoms with Crippen molar-refractivity contribution in [2.45, 2.75) is 23.8 Å². The molecule has 1 aliphatic rings. The number of rotatable bonds is 4. The highest BCUT2D eigenvalue weighted by molar-refractivity contribution is 7.89. The summed E-state index contributed by atoms with van der Waals surface area (Å²) in [6.45, 7) is 1.89. The number of piperidine rings is 1. The molecule has 2 rings (SSSR count). The number of sulfonamides is 1. The first-order valence-electron chi connectivity index (χ1n) is 6.11. The summed E-state index contributed by atoms with van der Waals surface area (Å²) in [5, 5.41) is 12.5. The molecule has 1 aromatic heterocycles. The third kappa shape index (κ3) is 3.53. The van der Waals surface area contributed by atoms with Gasteiger partial charge in [-0.3, -0.25) is 9.58 Å². The standard InChI is InChI=1S/C11H17N5O2S/c1-15-9-11(8-13-15)19(17,18)14-10-2-5-16(6-3-10)7-4-12/h8-10,14H,2-3,5-7H2,1H3. The number of nitrogens with one attached hydrogen (secondary N) is 1. The normalized spacial score (nSPS) is 18.3. The Morgan fingerprint density at radius 3 is 2.74 bits per heavy atom. The van der Waals surface area contributed by atoms with E-state index in [1.54, 1.807) is 7.05 Å². The van der Waals surface area contributed by atoms with Gasteiger partial charge in [0.25, 0.3) is 0 Å². The first-order valence-corrected chi connectivity index (χ1v) is 7.60. The van der Waals surface area contributed by atoms with Crippen LogP contribution in [-0.4, -0.2) is 48.8 Å². The molecule has 1 fully saturated rings. The summed E-state index contributed by atoms with van der Waals surface area (Å²) in [5.74, 6) is 0. The molecule has 104 valence electrons. The van der Waals surface area contributed by atoms with E-state index in [0.717, 1.165) is 25.9 Å². The number of nitriles is 1. The highest BCUT2D eigenvalue weighted by Crippen LogP contribution is 2.14. The smallest absolute Gasteiger partial charge is 0.243 e. The zero-order valence-electron chi connectivity index (χ0n) is 10.8. The average molecular weight is 283 g/mol. The predicted octanol–water partition coefficient (Wildman–Crippen LogP) is -0.314. The molecule has 7 nitrogen and oxygen atoms in total. The molecule has 8 heteroatoms. The van der Waals surface area contributed by atoms with Crippen molar-refractivity contribution in [1.29, 1.82) is 5.26 Å². The molecule has 0 unspecified atom stereocenters. The fraction of sp³-hybridized carbons (Fsp3) is 0.636. The van der Waals surface area contributed by atoms with E-state index in [0.29, 0.717) is 6.54 Å². The van der Waals surface area contributed by atoms with Crippen LogP contribution in [-0.2, 0) is 17.1 Å². The van der Waals surface area contributed by atoms with Crippen molar-refractivity contribution in [3.8, 4) is 6.07 Å². The van der Waals surface area contributed by atoms with Gasteiger partial charge < -0.3 is 0 Å². The van der Waals surface area contributed by atoms with Crippen LogP contribution >= 0.6 is 0 Å². The van der Waals surface area contributed by atoms with E-state index < -0.39 is 10.0 Å². The summed E-state index contributed by atoms with van der Waals surface area (Å²) in [6, 6.07) is 2.04. The average Bonchev–Trinajstić information content (AvgIpc) is 2.79. The Balaban J connectivity index is 1.94.